The number of ketones is 1. The highest BCUT2D eigenvalue weighted by atomic mass is 35.5. The van der Waals surface area contributed by atoms with E-state index in [1.807, 2.05) is 0 Å². The van der Waals surface area contributed by atoms with E-state index in [2.05, 4.69) is 19.5 Å². The number of nitrogens with two attached hydrogens (primary N) is 1. The maximum Gasteiger partial charge on any atom is 0.333 e. The molecule has 0 radical (unpaired) electrons. The molecule has 1 aliphatic carbocycles. The van der Waals surface area contributed by atoms with Crippen LogP contribution in [0.2, 0.25) is 10.0 Å². The number of rotatable bonds is 9. The molecule has 5 N–H and O–H groups in total. The quantitative estimate of drug-likeness (QED) is 0.282. The predicted octanol–water partition coefficient (Wildman–Crippen LogP) is 2.93. The molecule has 1 aliphatic rings. The third kappa shape index (κ3) is 6.39. The van der Waals surface area contributed by atoms with Gasteiger partial charge >= 0.3 is 10.3 Å². The van der Waals surface area contributed by atoms with Crippen LogP contribution in [0, 0.1) is 5.92 Å². The third-order valence-corrected chi connectivity index (χ3v) is 8.06. The molecular formula is C22H22Cl2N4O6S2. The second-order valence-electron chi connectivity index (χ2n) is 8.31. The van der Waals surface area contributed by atoms with Crippen LogP contribution >= 0.6 is 34.5 Å². The van der Waals surface area contributed by atoms with Gasteiger partial charge in [0.1, 0.15) is 18.2 Å². The van der Waals surface area contributed by atoms with Crippen LogP contribution in [0.1, 0.15) is 44.6 Å². The lowest BCUT2D eigenvalue weighted by molar-refractivity contribution is 0.101. The second-order valence-corrected chi connectivity index (χ2v) is 11.5. The van der Waals surface area contributed by atoms with Crippen molar-refractivity contribution in [1.29, 1.82) is 0 Å². The first-order valence-electron chi connectivity index (χ1n) is 10.7. The number of nitrogens with zero attached hydrogens (tertiary/aromatic N) is 2. The highest BCUT2D eigenvalue weighted by molar-refractivity contribution is 7.84. The summed E-state index contributed by atoms with van der Waals surface area (Å²) in [5.41, 5.74) is 0.717. The van der Waals surface area contributed by atoms with Crippen molar-refractivity contribution in [1.82, 2.24) is 9.97 Å². The van der Waals surface area contributed by atoms with Crippen molar-refractivity contribution in [2.45, 2.75) is 31.1 Å². The van der Waals surface area contributed by atoms with Gasteiger partial charge in [-0.25, -0.2) is 15.1 Å². The SMILES string of the molecule is NS(=O)(=O)OC[C@H]1C[C@@H](Nc2ncncc2C(=O)c2cc(Cl)c(C(O)c3cccc(Cl)c3)s2)C[C@@H]1O. The molecule has 14 heteroatoms. The Morgan fingerprint density at radius 1 is 1.31 bits per heavy atom. The number of hydrogen-bond acceptors (Lipinski definition) is 10. The first kappa shape index (κ1) is 26.9. The van der Waals surface area contributed by atoms with Crippen LogP contribution in [-0.4, -0.2) is 53.1 Å². The van der Waals surface area contributed by atoms with Crippen molar-refractivity contribution in [3.8, 4) is 0 Å². The average Bonchev–Trinajstić information content (AvgIpc) is 3.38. The van der Waals surface area contributed by atoms with Crippen LogP contribution < -0.4 is 10.5 Å². The van der Waals surface area contributed by atoms with Crippen molar-refractivity contribution >= 4 is 56.4 Å². The Kier molecular flexibility index (Phi) is 8.27. The zero-order valence-corrected chi connectivity index (χ0v) is 21.7. The number of carbonyl (C=O) groups is 1. The summed E-state index contributed by atoms with van der Waals surface area (Å²) < 4.78 is 26.7. The minimum atomic E-state index is -4.12. The molecule has 1 unspecified atom stereocenters. The molecule has 4 atom stereocenters. The number of benzene rings is 1. The number of halogens is 2. The maximum absolute atomic E-state index is 13.3. The summed E-state index contributed by atoms with van der Waals surface area (Å²) in [5.74, 6) is -0.614. The summed E-state index contributed by atoms with van der Waals surface area (Å²) in [6.45, 7) is -0.251. The van der Waals surface area contributed by atoms with Crippen molar-refractivity contribution in [3.05, 3.63) is 73.8 Å². The molecule has 3 aromatic rings. The van der Waals surface area contributed by atoms with E-state index in [4.69, 9.17) is 28.3 Å². The van der Waals surface area contributed by atoms with Crippen molar-refractivity contribution in [2.75, 3.05) is 11.9 Å². The monoisotopic (exact) mass is 572 g/mol. The van der Waals surface area contributed by atoms with Crippen LogP contribution in [-0.2, 0) is 14.5 Å². The second kappa shape index (κ2) is 11.1. The summed E-state index contributed by atoms with van der Waals surface area (Å²) in [6.07, 6.45) is 1.42. The summed E-state index contributed by atoms with van der Waals surface area (Å²) in [4.78, 5) is 22.2. The molecule has 0 saturated heterocycles. The smallest absolute Gasteiger partial charge is 0.333 e. The largest absolute Gasteiger partial charge is 0.393 e. The van der Waals surface area contributed by atoms with Gasteiger partial charge in [0, 0.05) is 23.2 Å². The molecular weight excluding hydrogens is 551 g/mol. The molecule has 1 saturated carbocycles. The Hall–Kier alpha value is -2.16. The van der Waals surface area contributed by atoms with E-state index >= 15 is 0 Å². The van der Waals surface area contributed by atoms with Crippen molar-refractivity contribution < 1.29 is 27.6 Å². The van der Waals surface area contributed by atoms with Crippen LogP contribution in [0.5, 0.6) is 0 Å². The Balaban J connectivity index is 1.51. The maximum atomic E-state index is 13.3. The molecule has 0 bridgehead atoms. The summed E-state index contributed by atoms with van der Waals surface area (Å²) in [5, 5.41) is 29.8. The molecule has 4 rings (SSSR count). The average molecular weight is 573 g/mol. The van der Waals surface area contributed by atoms with E-state index in [0.717, 1.165) is 11.3 Å². The Bertz CT molecular complexity index is 1370. The van der Waals surface area contributed by atoms with E-state index < -0.39 is 34.2 Å². The molecule has 1 aromatic carbocycles. The van der Waals surface area contributed by atoms with Gasteiger partial charge in [0.15, 0.2) is 0 Å². The van der Waals surface area contributed by atoms with E-state index in [1.165, 1.54) is 18.6 Å². The molecule has 36 heavy (non-hydrogen) atoms. The zero-order valence-electron chi connectivity index (χ0n) is 18.5. The number of anilines is 1. The molecule has 0 aliphatic heterocycles. The standard InChI is InChI=1S/C22H22Cl2N4O6S2/c23-13-3-1-2-11(4-13)19(30)21-16(24)7-18(35-21)20(31)15-8-26-10-27-22(15)28-14-5-12(17(29)6-14)9-34-36(25,32)33/h1-4,7-8,10,12,14,17,19,29-30H,5-6,9H2,(H2,25,32,33)(H,26,27,28)/t12-,14-,17+,19?/m1/s1. The number of nitrogens with one attached hydrogen (secondary N) is 1. The van der Waals surface area contributed by atoms with Gasteiger partial charge in [0.05, 0.1) is 33.1 Å². The normalized spacial score (nSPS) is 20.9. The summed E-state index contributed by atoms with van der Waals surface area (Å²) in [6, 6.07) is 7.90. The zero-order chi connectivity index (χ0) is 26.0. The lowest BCUT2D eigenvalue weighted by Crippen LogP contribution is -2.24. The minimum Gasteiger partial charge on any atom is -0.393 e. The van der Waals surface area contributed by atoms with Gasteiger partial charge in [-0.05, 0) is 36.6 Å². The number of aliphatic hydroxyl groups is 2. The summed E-state index contributed by atoms with van der Waals surface area (Å²) >= 11 is 13.4. The Labute approximate surface area is 221 Å². The molecule has 2 heterocycles. The lowest BCUT2D eigenvalue weighted by atomic mass is 10.1. The van der Waals surface area contributed by atoms with Gasteiger partial charge in [0.25, 0.3) is 0 Å². The van der Waals surface area contributed by atoms with E-state index in [9.17, 15) is 23.4 Å². The van der Waals surface area contributed by atoms with Crippen LogP contribution in [0.4, 0.5) is 5.82 Å². The van der Waals surface area contributed by atoms with Gasteiger partial charge < -0.3 is 15.5 Å². The molecule has 1 fully saturated rings. The predicted molar refractivity (Wildman–Crippen MR) is 136 cm³/mol. The minimum absolute atomic E-state index is 0.179. The van der Waals surface area contributed by atoms with E-state index in [-0.39, 0.29) is 40.4 Å². The van der Waals surface area contributed by atoms with Crippen LogP contribution in [0.25, 0.3) is 0 Å². The topological polar surface area (TPSA) is 165 Å². The molecule has 2 aromatic heterocycles. The van der Waals surface area contributed by atoms with Crippen molar-refractivity contribution in [3.63, 3.8) is 0 Å². The van der Waals surface area contributed by atoms with Crippen molar-refractivity contribution in [2.24, 2.45) is 11.1 Å². The van der Waals surface area contributed by atoms with E-state index in [0.29, 0.717) is 21.9 Å². The molecule has 0 spiro atoms. The fraction of sp³-hybridized carbons (Fsp3) is 0.318. The van der Waals surface area contributed by atoms with Gasteiger partial charge in [-0.2, -0.15) is 8.42 Å². The first-order valence-corrected chi connectivity index (χ1v) is 13.8. The number of carbonyl (C=O) groups excluding carboxylic acids is 1. The van der Waals surface area contributed by atoms with Gasteiger partial charge in [-0.1, -0.05) is 35.3 Å². The number of thiophene rings is 1. The third-order valence-electron chi connectivity index (χ3n) is 5.75. The van der Waals surface area contributed by atoms with Gasteiger partial charge in [0.2, 0.25) is 5.78 Å². The fourth-order valence-corrected chi connectivity index (χ4v) is 6.00. The molecule has 10 nitrogen and oxygen atoms in total. The number of aromatic nitrogens is 2. The molecule has 0 amide bonds. The Morgan fingerprint density at radius 2 is 2.08 bits per heavy atom. The van der Waals surface area contributed by atoms with E-state index in [1.54, 1.807) is 24.3 Å². The van der Waals surface area contributed by atoms with Crippen LogP contribution in [0.3, 0.4) is 0 Å². The van der Waals surface area contributed by atoms with Crippen LogP contribution in [0.15, 0.2) is 42.9 Å². The molecule has 192 valence electrons. The first-order chi connectivity index (χ1) is 17.0. The highest BCUT2D eigenvalue weighted by Crippen LogP contribution is 2.38. The Morgan fingerprint density at radius 3 is 2.81 bits per heavy atom. The number of aliphatic hydroxyl groups excluding tert-OH is 2. The van der Waals surface area contributed by atoms with Gasteiger partial charge in [-0.3, -0.25) is 8.98 Å². The fourth-order valence-electron chi connectivity index (χ4n) is 4.03. The number of hydrogen-bond donors (Lipinski definition) is 4. The van der Waals surface area contributed by atoms with Gasteiger partial charge in [-0.15, -0.1) is 11.3 Å². The summed E-state index contributed by atoms with van der Waals surface area (Å²) in [7, 11) is -4.12. The highest BCUT2D eigenvalue weighted by Gasteiger charge is 2.35. The lowest BCUT2D eigenvalue weighted by Gasteiger charge is -2.15.